The number of aromatic hydroxyl groups is 1. The van der Waals surface area contributed by atoms with Gasteiger partial charge in [-0.15, -0.1) is 0 Å². The lowest BCUT2D eigenvalue weighted by atomic mass is 9.96. The molecule has 0 amide bonds. The van der Waals surface area contributed by atoms with Crippen molar-refractivity contribution in [3.05, 3.63) is 47.7 Å². The second kappa shape index (κ2) is 9.27. The standard InChI is InChI=1S/C27H35N5O/c1-19-20(2)26(33)9-7-23(19)22-6-8-24-25(15-22)29-27(16-28-24)32-13-11-31(12-14-32)18-21-5-4-10-30(3)17-21/h6-9,15-16,21,33H,4-5,10-14,17-18H2,1-3H3. The van der Waals surface area contributed by atoms with Crippen LogP contribution in [0.15, 0.2) is 36.5 Å². The SMILES string of the molecule is Cc1c(O)ccc(-c2ccc3ncc(N4CCN(CC5CCCN(C)C5)CC4)nc3c2)c1C. The van der Waals surface area contributed by atoms with Crippen LogP contribution >= 0.6 is 0 Å². The minimum absolute atomic E-state index is 0.341. The predicted molar refractivity (Wildman–Crippen MR) is 135 cm³/mol. The number of piperidine rings is 1. The number of phenolic OH excluding ortho intramolecular Hbond substituents is 1. The highest BCUT2D eigenvalue weighted by molar-refractivity contribution is 5.83. The molecule has 2 saturated heterocycles. The smallest absolute Gasteiger partial charge is 0.147 e. The fourth-order valence-corrected chi connectivity index (χ4v) is 5.39. The molecule has 6 heteroatoms. The maximum atomic E-state index is 10.0. The van der Waals surface area contributed by atoms with E-state index in [1.165, 1.54) is 32.5 Å². The van der Waals surface area contributed by atoms with E-state index in [9.17, 15) is 5.11 Å². The van der Waals surface area contributed by atoms with E-state index in [-0.39, 0.29) is 0 Å². The van der Waals surface area contributed by atoms with E-state index in [1.807, 2.05) is 25.3 Å². The summed E-state index contributed by atoms with van der Waals surface area (Å²) in [5.74, 6) is 2.12. The Balaban J connectivity index is 1.30. The molecule has 0 spiro atoms. The van der Waals surface area contributed by atoms with E-state index in [4.69, 9.17) is 9.97 Å². The minimum atomic E-state index is 0.341. The van der Waals surface area contributed by atoms with Gasteiger partial charge in [-0.1, -0.05) is 12.1 Å². The maximum absolute atomic E-state index is 10.0. The van der Waals surface area contributed by atoms with Crippen LogP contribution in [0.3, 0.4) is 0 Å². The lowest BCUT2D eigenvalue weighted by molar-refractivity contribution is 0.147. The summed E-state index contributed by atoms with van der Waals surface area (Å²) >= 11 is 0. The summed E-state index contributed by atoms with van der Waals surface area (Å²) in [6, 6.07) is 10.0. The number of hydrogen-bond acceptors (Lipinski definition) is 6. The van der Waals surface area contributed by atoms with Gasteiger partial charge in [0.05, 0.1) is 17.2 Å². The number of aromatic nitrogens is 2. The molecule has 0 radical (unpaired) electrons. The molecule has 2 fully saturated rings. The van der Waals surface area contributed by atoms with Crippen LogP contribution in [0.5, 0.6) is 5.75 Å². The molecule has 1 N–H and O–H groups in total. The molecule has 33 heavy (non-hydrogen) atoms. The zero-order valence-electron chi connectivity index (χ0n) is 20.1. The van der Waals surface area contributed by atoms with Crippen LogP contribution < -0.4 is 4.90 Å². The monoisotopic (exact) mass is 445 g/mol. The van der Waals surface area contributed by atoms with E-state index < -0.39 is 0 Å². The largest absolute Gasteiger partial charge is 0.508 e. The van der Waals surface area contributed by atoms with Crippen LogP contribution in [0.4, 0.5) is 5.82 Å². The Morgan fingerprint density at radius 2 is 1.79 bits per heavy atom. The molecule has 0 bridgehead atoms. The number of phenols is 1. The fourth-order valence-electron chi connectivity index (χ4n) is 5.39. The van der Waals surface area contributed by atoms with Gasteiger partial charge in [0.2, 0.25) is 0 Å². The Kier molecular flexibility index (Phi) is 6.21. The Bertz CT molecular complexity index is 1140. The van der Waals surface area contributed by atoms with Crippen molar-refractivity contribution in [2.24, 2.45) is 5.92 Å². The van der Waals surface area contributed by atoms with Gasteiger partial charge < -0.3 is 14.9 Å². The van der Waals surface area contributed by atoms with Crippen molar-refractivity contribution in [1.82, 2.24) is 19.8 Å². The fraction of sp³-hybridized carbons (Fsp3) is 0.481. The van der Waals surface area contributed by atoms with Crippen LogP contribution in [0.2, 0.25) is 0 Å². The summed E-state index contributed by atoms with van der Waals surface area (Å²) in [6.07, 6.45) is 4.62. The van der Waals surface area contributed by atoms with Gasteiger partial charge >= 0.3 is 0 Å². The molecule has 2 aromatic carbocycles. The summed E-state index contributed by atoms with van der Waals surface area (Å²) in [6.45, 7) is 11.9. The number of likely N-dealkylation sites (tertiary alicyclic amines) is 1. The van der Waals surface area contributed by atoms with Crippen molar-refractivity contribution in [2.75, 3.05) is 57.8 Å². The van der Waals surface area contributed by atoms with Gasteiger partial charge in [0.15, 0.2) is 0 Å². The lowest BCUT2D eigenvalue weighted by Gasteiger charge is -2.39. The topological polar surface area (TPSA) is 55.7 Å². The van der Waals surface area contributed by atoms with Gasteiger partial charge in [0.25, 0.3) is 0 Å². The van der Waals surface area contributed by atoms with E-state index >= 15 is 0 Å². The van der Waals surface area contributed by atoms with E-state index in [0.29, 0.717) is 5.75 Å². The number of fused-ring (bicyclic) bond motifs is 1. The van der Waals surface area contributed by atoms with Gasteiger partial charge in [-0.05, 0) is 86.7 Å². The van der Waals surface area contributed by atoms with E-state index in [0.717, 1.165) is 71.2 Å². The third kappa shape index (κ3) is 4.68. The van der Waals surface area contributed by atoms with Crippen LogP contribution in [0, 0.1) is 19.8 Å². The summed E-state index contributed by atoms with van der Waals surface area (Å²) in [7, 11) is 2.25. The molecule has 2 aliphatic heterocycles. The minimum Gasteiger partial charge on any atom is -0.508 e. The Morgan fingerprint density at radius 3 is 2.58 bits per heavy atom. The van der Waals surface area contributed by atoms with Crippen molar-refractivity contribution >= 4 is 16.9 Å². The molecule has 1 aromatic heterocycles. The zero-order valence-corrected chi connectivity index (χ0v) is 20.1. The van der Waals surface area contributed by atoms with E-state index in [1.54, 1.807) is 6.07 Å². The van der Waals surface area contributed by atoms with Crippen molar-refractivity contribution in [2.45, 2.75) is 26.7 Å². The molecule has 0 saturated carbocycles. The molecule has 3 aromatic rings. The highest BCUT2D eigenvalue weighted by Crippen LogP contribution is 2.32. The second-order valence-electron chi connectivity index (χ2n) is 9.87. The van der Waals surface area contributed by atoms with E-state index in [2.05, 4.69) is 40.8 Å². The summed E-state index contributed by atoms with van der Waals surface area (Å²) in [5.41, 5.74) is 6.08. The molecule has 3 heterocycles. The molecular weight excluding hydrogens is 410 g/mol. The molecular formula is C27H35N5O. The van der Waals surface area contributed by atoms with Crippen molar-refractivity contribution in [1.29, 1.82) is 0 Å². The van der Waals surface area contributed by atoms with Crippen LogP contribution in [-0.2, 0) is 0 Å². The first-order valence-electron chi connectivity index (χ1n) is 12.2. The average Bonchev–Trinajstić information content (AvgIpc) is 2.82. The Morgan fingerprint density at radius 1 is 0.970 bits per heavy atom. The first-order chi connectivity index (χ1) is 16.0. The number of piperazine rings is 1. The maximum Gasteiger partial charge on any atom is 0.147 e. The average molecular weight is 446 g/mol. The Hall–Kier alpha value is -2.70. The lowest BCUT2D eigenvalue weighted by Crippen LogP contribution is -2.49. The van der Waals surface area contributed by atoms with Crippen molar-refractivity contribution in [3.63, 3.8) is 0 Å². The molecule has 1 atom stereocenters. The van der Waals surface area contributed by atoms with Gasteiger partial charge in [0, 0.05) is 39.3 Å². The molecule has 5 rings (SSSR count). The summed E-state index contributed by atoms with van der Waals surface area (Å²) < 4.78 is 0. The molecule has 1 unspecified atom stereocenters. The molecule has 6 nitrogen and oxygen atoms in total. The number of benzene rings is 2. The zero-order chi connectivity index (χ0) is 22.9. The number of rotatable bonds is 4. The molecule has 0 aliphatic carbocycles. The third-order valence-electron chi connectivity index (χ3n) is 7.53. The summed E-state index contributed by atoms with van der Waals surface area (Å²) in [4.78, 5) is 17.2. The normalized spacial score (nSPS) is 20.5. The van der Waals surface area contributed by atoms with Crippen LogP contribution in [0.1, 0.15) is 24.0 Å². The second-order valence-corrected chi connectivity index (χ2v) is 9.87. The number of nitrogens with zero attached hydrogens (tertiary/aromatic N) is 5. The number of hydrogen-bond donors (Lipinski definition) is 1. The van der Waals surface area contributed by atoms with Gasteiger partial charge in [-0.2, -0.15) is 0 Å². The van der Waals surface area contributed by atoms with Crippen LogP contribution in [0.25, 0.3) is 22.2 Å². The predicted octanol–water partition coefficient (Wildman–Crippen LogP) is 4.08. The molecule has 174 valence electrons. The first-order valence-corrected chi connectivity index (χ1v) is 12.2. The van der Waals surface area contributed by atoms with Crippen LogP contribution in [-0.4, -0.2) is 77.7 Å². The highest BCUT2D eigenvalue weighted by Gasteiger charge is 2.24. The van der Waals surface area contributed by atoms with Crippen molar-refractivity contribution < 1.29 is 5.11 Å². The third-order valence-corrected chi connectivity index (χ3v) is 7.53. The van der Waals surface area contributed by atoms with Crippen molar-refractivity contribution in [3.8, 4) is 16.9 Å². The van der Waals surface area contributed by atoms with Gasteiger partial charge in [-0.3, -0.25) is 9.88 Å². The first kappa shape index (κ1) is 22.1. The van der Waals surface area contributed by atoms with Gasteiger partial charge in [-0.25, -0.2) is 4.98 Å². The summed E-state index contributed by atoms with van der Waals surface area (Å²) in [5, 5.41) is 10.0. The Labute approximate surface area is 196 Å². The quantitative estimate of drug-likeness (QED) is 0.653. The number of anilines is 1. The van der Waals surface area contributed by atoms with Gasteiger partial charge in [0.1, 0.15) is 11.6 Å². The highest BCUT2D eigenvalue weighted by atomic mass is 16.3. The molecule has 2 aliphatic rings.